The zero-order chi connectivity index (χ0) is 17.7. The summed E-state index contributed by atoms with van der Waals surface area (Å²) in [7, 11) is 0. The van der Waals surface area contributed by atoms with E-state index >= 15 is 0 Å². The predicted octanol–water partition coefficient (Wildman–Crippen LogP) is 5.97. The SMILES string of the molecule is CCN(CC)Cc1cc(C(C)(C)CC)cc(C2CCCCC2)c1O. The molecule has 136 valence electrons. The van der Waals surface area contributed by atoms with Crippen molar-refractivity contribution in [2.75, 3.05) is 13.1 Å². The Morgan fingerprint density at radius 2 is 1.67 bits per heavy atom. The third-order valence-electron chi connectivity index (χ3n) is 6.22. The molecule has 2 heteroatoms. The maximum Gasteiger partial charge on any atom is 0.123 e. The topological polar surface area (TPSA) is 23.5 Å². The Bertz CT molecular complexity index is 525. The van der Waals surface area contributed by atoms with Gasteiger partial charge in [0.05, 0.1) is 0 Å². The van der Waals surface area contributed by atoms with Crippen LogP contribution in [0.2, 0.25) is 0 Å². The van der Waals surface area contributed by atoms with Gasteiger partial charge >= 0.3 is 0 Å². The largest absolute Gasteiger partial charge is 0.507 e. The zero-order valence-electron chi connectivity index (χ0n) is 16.5. The first-order chi connectivity index (χ1) is 11.4. The number of phenolic OH excluding ortho intramolecular Hbond substituents is 1. The van der Waals surface area contributed by atoms with Crippen molar-refractivity contribution in [2.45, 2.75) is 91.0 Å². The molecule has 0 saturated heterocycles. The molecule has 1 fully saturated rings. The van der Waals surface area contributed by atoms with Crippen LogP contribution in [0, 0.1) is 0 Å². The molecule has 1 aliphatic rings. The molecular formula is C22H37NO. The molecule has 2 rings (SSSR count). The van der Waals surface area contributed by atoms with Crippen LogP contribution in [0.3, 0.4) is 0 Å². The molecule has 0 amide bonds. The van der Waals surface area contributed by atoms with Crippen molar-refractivity contribution in [1.29, 1.82) is 0 Å². The van der Waals surface area contributed by atoms with Crippen molar-refractivity contribution < 1.29 is 5.11 Å². The highest BCUT2D eigenvalue weighted by Gasteiger charge is 2.26. The molecule has 0 aromatic heterocycles. The first-order valence-corrected chi connectivity index (χ1v) is 10.0. The molecule has 0 spiro atoms. The van der Waals surface area contributed by atoms with Gasteiger partial charge in [-0.2, -0.15) is 0 Å². The van der Waals surface area contributed by atoms with E-state index < -0.39 is 0 Å². The second-order valence-electron chi connectivity index (χ2n) is 8.11. The van der Waals surface area contributed by atoms with Crippen molar-refractivity contribution in [3.8, 4) is 5.75 Å². The van der Waals surface area contributed by atoms with Crippen LogP contribution >= 0.6 is 0 Å². The number of phenols is 1. The lowest BCUT2D eigenvalue weighted by Gasteiger charge is -2.30. The van der Waals surface area contributed by atoms with Gasteiger partial charge in [0.2, 0.25) is 0 Å². The van der Waals surface area contributed by atoms with E-state index in [1.54, 1.807) is 0 Å². The van der Waals surface area contributed by atoms with E-state index in [9.17, 15) is 5.11 Å². The van der Waals surface area contributed by atoms with E-state index in [1.807, 2.05) is 0 Å². The minimum Gasteiger partial charge on any atom is -0.507 e. The van der Waals surface area contributed by atoms with Gasteiger partial charge in [0.1, 0.15) is 5.75 Å². The Morgan fingerprint density at radius 1 is 1.04 bits per heavy atom. The Morgan fingerprint density at radius 3 is 2.21 bits per heavy atom. The molecule has 1 aromatic carbocycles. The predicted molar refractivity (Wildman–Crippen MR) is 104 cm³/mol. The normalized spacial score (nSPS) is 16.8. The van der Waals surface area contributed by atoms with E-state index in [1.165, 1.54) is 43.2 Å². The van der Waals surface area contributed by atoms with Crippen LogP contribution in [0.15, 0.2) is 12.1 Å². The second kappa shape index (κ2) is 8.38. The van der Waals surface area contributed by atoms with Crippen molar-refractivity contribution in [1.82, 2.24) is 4.90 Å². The Kier molecular flexibility index (Phi) is 6.74. The lowest BCUT2D eigenvalue weighted by molar-refractivity contribution is 0.289. The molecule has 0 atom stereocenters. The minimum absolute atomic E-state index is 0.162. The number of rotatable bonds is 7. The first kappa shape index (κ1) is 19.3. The van der Waals surface area contributed by atoms with Crippen LogP contribution in [-0.2, 0) is 12.0 Å². The van der Waals surface area contributed by atoms with Crippen molar-refractivity contribution in [3.63, 3.8) is 0 Å². The quantitative estimate of drug-likeness (QED) is 0.665. The minimum atomic E-state index is 0.162. The number of nitrogens with zero attached hydrogens (tertiary/aromatic N) is 1. The number of hydrogen-bond donors (Lipinski definition) is 1. The Balaban J connectivity index is 2.46. The van der Waals surface area contributed by atoms with Gasteiger partial charge in [-0.05, 0) is 54.8 Å². The Hall–Kier alpha value is -1.02. The summed E-state index contributed by atoms with van der Waals surface area (Å²) >= 11 is 0. The summed E-state index contributed by atoms with van der Waals surface area (Å²) in [6, 6.07) is 4.59. The standard InChI is InChI=1S/C22H37NO/c1-6-22(4,5)19-14-18(16-23(7-2)8-3)21(24)20(15-19)17-12-10-9-11-13-17/h14-15,17,24H,6-13,16H2,1-5H3. The van der Waals surface area contributed by atoms with Crippen molar-refractivity contribution in [2.24, 2.45) is 0 Å². The summed E-state index contributed by atoms with van der Waals surface area (Å²) in [5, 5.41) is 11.0. The van der Waals surface area contributed by atoms with Gasteiger partial charge in [-0.15, -0.1) is 0 Å². The molecule has 0 unspecified atom stereocenters. The smallest absolute Gasteiger partial charge is 0.123 e. The number of hydrogen-bond acceptors (Lipinski definition) is 2. The van der Waals surface area contributed by atoms with E-state index in [4.69, 9.17) is 0 Å². The molecule has 2 nitrogen and oxygen atoms in total. The summed E-state index contributed by atoms with van der Waals surface area (Å²) in [6.07, 6.45) is 7.53. The monoisotopic (exact) mass is 331 g/mol. The van der Waals surface area contributed by atoms with Gasteiger partial charge in [-0.3, -0.25) is 4.90 Å². The lowest BCUT2D eigenvalue weighted by atomic mass is 9.77. The van der Waals surface area contributed by atoms with Gasteiger partial charge in [-0.1, -0.05) is 66.0 Å². The molecule has 1 saturated carbocycles. The summed E-state index contributed by atoms with van der Waals surface area (Å²) in [4.78, 5) is 2.39. The van der Waals surface area contributed by atoms with Gasteiger partial charge in [-0.25, -0.2) is 0 Å². The summed E-state index contributed by atoms with van der Waals surface area (Å²) in [5.74, 6) is 1.12. The number of aromatic hydroxyl groups is 1. The third-order valence-corrected chi connectivity index (χ3v) is 6.22. The van der Waals surface area contributed by atoms with Gasteiger partial charge in [0, 0.05) is 12.1 Å². The molecular weight excluding hydrogens is 294 g/mol. The van der Waals surface area contributed by atoms with Crippen LogP contribution < -0.4 is 0 Å². The van der Waals surface area contributed by atoms with Crippen LogP contribution in [0.25, 0.3) is 0 Å². The fourth-order valence-corrected chi connectivity index (χ4v) is 3.85. The van der Waals surface area contributed by atoms with E-state index in [2.05, 4.69) is 51.7 Å². The molecule has 1 aromatic rings. The highest BCUT2D eigenvalue weighted by molar-refractivity contribution is 5.47. The van der Waals surface area contributed by atoms with Crippen LogP contribution in [0.4, 0.5) is 0 Å². The maximum atomic E-state index is 11.0. The molecule has 1 N–H and O–H groups in total. The molecule has 0 bridgehead atoms. The summed E-state index contributed by atoms with van der Waals surface area (Å²) in [5.41, 5.74) is 3.90. The average molecular weight is 332 g/mol. The summed E-state index contributed by atoms with van der Waals surface area (Å²) in [6.45, 7) is 14.2. The van der Waals surface area contributed by atoms with Crippen molar-refractivity contribution >= 4 is 0 Å². The van der Waals surface area contributed by atoms with E-state index in [0.717, 1.165) is 31.6 Å². The van der Waals surface area contributed by atoms with Crippen LogP contribution in [0.5, 0.6) is 5.75 Å². The molecule has 1 aliphatic carbocycles. The fraction of sp³-hybridized carbons (Fsp3) is 0.727. The van der Waals surface area contributed by atoms with Crippen LogP contribution in [-0.4, -0.2) is 23.1 Å². The average Bonchev–Trinajstić information content (AvgIpc) is 2.61. The first-order valence-electron chi connectivity index (χ1n) is 10.0. The molecule has 0 radical (unpaired) electrons. The zero-order valence-corrected chi connectivity index (χ0v) is 16.5. The molecule has 0 heterocycles. The maximum absolute atomic E-state index is 11.0. The number of benzene rings is 1. The highest BCUT2D eigenvalue weighted by atomic mass is 16.3. The highest BCUT2D eigenvalue weighted by Crippen LogP contribution is 2.42. The van der Waals surface area contributed by atoms with Gasteiger partial charge in [0.15, 0.2) is 0 Å². The Labute approximate surface area is 149 Å². The third kappa shape index (κ3) is 4.33. The second-order valence-corrected chi connectivity index (χ2v) is 8.11. The lowest BCUT2D eigenvalue weighted by Crippen LogP contribution is -2.23. The molecule has 24 heavy (non-hydrogen) atoms. The van der Waals surface area contributed by atoms with Crippen molar-refractivity contribution in [3.05, 3.63) is 28.8 Å². The van der Waals surface area contributed by atoms with Gasteiger partial charge in [0.25, 0.3) is 0 Å². The fourth-order valence-electron chi connectivity index (χ4n) is 3.85. The van der Waals surface area contributed by atoms with E-state index in [0.29, 0.717) is 11.7 Å². The molecule has 0 aliphatic heterocycles. The van der Waals surface area contributed by atoms with Gasteiger partial charge < -0.3 is 5.11 Å². The summed E-state index contributed by atoms with van der Waals surface area (Å²) < 4.78 is 0. The van der Waals surface area contributed by atoms with E-state index in [-0.39, 0.29) is 5.41 Å². The van der Waals surface area contributed by atoms with Crippen LogP contribution in [0.1, 0.15) is 95.8 Å².